The summed E-state index contributed by atoms with van der Waals surface area (Å²) >= 11 is 0. The number of aromatic nitrogens is 3. The van der Waals surface area contributed by atoms with Crippen LogP contribution in [-0.4, -0.2) is 26.7 Å². The van der Waals surface area contributed by atoms with Gasteiger partial charge < -0.3 is 4.57 Å². The van der Waals surface area contributed by atoms with Gasteiger partial charge in [-0.25, -0.2) is 10.4 Å². The Labute approximate surface area is 150 Å². The summed E-state index contributed by atoms with van der Waals surface area (Å²) in [6, 6.07) is 14.5. The summed E-state index contributed by atoms with van der Waals surface area (Å²) in [7, 11) is 0. The van der Waals surface area contributed by atoms with Crippen LogP contribution in [0.4, 0.5) is 0 Å². The van der Waals surface area contributed by atoms with E-state index in [2.05, 4.69) is 62.3 Å². The highest BCUT2D eigenvalue weighted by atomic mass is 16.2. The van der Waals surface area contributed by atoms with Gasteiger partial charge in [0.25, 0.3) is 5.91 Å². The van der Waals surface area contributed by atoms with Crippen molar-refractivity contribution in [3.8, 4) is 0 Å². The van der Waals surface area contributed by atoms with Crippen molar-refractivity contribution in [1.29, 1.82) is 0 Å². The van der Waals surface area contributed by atoms with Gasteiger partial charge >= 0.3 is 0 Å². The van der Waals surface area contributed by atoms with Gasteiger partial charge in [-0.05, 0) is 30.7 Å². The molecular weight excluding hydrogens is 326 g/mol. The van der Waals surface area contributed by atoms with Crippen molar-refractivity contribution < 1.29 is 4.79 Å². The first-order chi connectivity index (χ1) is 12.8. The lowest BCUT2D eigenvalue weighted by atomic mass is 10.1. The molecule has 2 aromatic carbocycles. The third-order valence-electron chi connectivity index (χ3n) is 4.29. The number of rotatable bonds is 4. The minimum Gasteiger partial charge on any atom is -0.341 e. The molecule has 4 rings (SSSR count). The van der Waals surface area contributed by atoms with Gasteiger partial charge in [0.05, 0.1) is 12.4 Å². The Morgan fingerprint density at radius 3 is 2.81 bits per heavy atom. The van der Waals surface area contributed by atoms with E-state index in [0.717, 1.165) is 12.1 Å². The van der Waals surface area contributed by atoms with Gasteiger partial charge in [-0.1, -0.05) is 24.3 Å². The molecule has 1 N–H and O–H groups in total. The van der Waals surface area contributed by atoms with Crippen molar-refractivity contribution in [3.63, 3.8) is 0 Å². The zero-order valence-corrected chi connectivity index (χ0v) is 14.3. The van der Waals surface area contributed by atoms with Gasteiger partial charge in [-0.3, -0.25) is 9.78 Å². The van der Waals surface area contributed by atoms with Gasteiger partial charge in [0.1, 0.15) is 5.69 Å². The van der Waals surface area contributed by atoms with Crippen LogP contribution < -0.4 is 5.43 Å². The number of para-hydroxylation sites is 1. The molecule has 26 heavy (non-hydrogen) atoms. The number of hydrogen-bond acceptors (Lipinski definition) is 4. The minimum absolute atomic E-state index is 0.228. The van der Waals surface area contributed by atoms with Crippen molar-refractivity contribution in [2.24, 2.45) is 5.10 Å². The summed E-state index contributed by atoms with van der Waals surface area (Å²) in [6.07, 6.45) is 6.01. The SMILES string of the molecule is CCn1c2ccccc2c2cc(/C=N\NC(=O)c3cnccn3)ccc21. The van der Waals surface area contributed by atoms with E-state index in [1.807, 2.05) is 12.1 Å². The lowest BCUT2D eigenvalue weighted by Gasteiger charge is -2.02. The number of amides is 1. The van der Waals surface area contributed by atoms with Crippen molar-refractivity contribution in [2.45, 2.75) is 13.5 Å². The normalized spacial score (nSPS) is 11.4. The molecule has 2 aromatic heterocycles. The smallest absolute Gasteiger partial charge is 0.291 e. The quantitative estimate of drug-likeness (QED) is 0.456. The lowest BCUT2D eigenvalue weighted by Crippen LogP contribution is -2.19. The molecule has 128 valence electrons. The highest BCUT2D eigenvalue weighted by Gasteiger charge is 2.09. The maximum Gasteiger partial charge on any atom is 0.291 e. The average Bonchev–Trinajstić information content (AvgIpc) is 3.01. The molecule has 0 spiro atoms. The molecule has 0 aliphatic heterocycles. The molecule has 0 unspecified atom stereocenters. The molecule has 0 saturated heterocycles. The van der Waals surface area contributed by atoms with E-state index in [-0.39, 0.29) is 5.69 Å². The summed E-state index contributed by atoms with van der Waals surface area (Å²) < 4.78 is 2.29. The van der Waals surface area contributed by atoms with E-state index in [1.54, 1.807) is 6.21 Å². The summed E-state index contributed by atoms with van der Waals surface area (Å²) in [4.78, 5) is 19.7. The second kappa shape index (κ2) is 6.76. The van der Waals surface area contributed by atoms with Crippen LogP contribution in [0.25, 0.3) is 21.8 Å². The maximum absolute atomic E-state index is 11.9. The number of carbonyl (C=O) groups excluding carboxylic acids is 1. The molecule has 0 fully saturated rings. The zero-order valence-electron chi connectivity index (χ0n) is 14.3. The Morgan fingerprint density at radius 2 is 2.00 bits per heavy atom. The Balaban J connectivity index is 1.63. The molecule has 4 aromatic rings. The fourth-order valence-electron chi connectivity index (χ4n) is 3.13. The number of aryl methyl sites for hydroxylation is 1. The second-order valence-corrected chi connectivity index (χ2v) is 5.83. The largest absolute Gasteiger partial charge is 0.341 e. The third-order valence-corrected chi connectivity index (χ3v) is 4.29. The van der Waals surface area contributed by atoms with Gasteiger partial charge in [0.15, 0.2) is 0 Å². The molecule has 6 heteroatoms. The zero-order chi connectivity index (χ0) is 17.9. The molecule has 0 saturated carbocycles. The monoisotopic (exact) mass is 343 g/mol. The Morgan fingerprint density at radius 1 is 1.15 bits per heavy atom. The van der Waals surface area contributed by atoms with Crippen LogP contribution in [0.1, 0.15) is 23.0 Å². The number of nitrogens with one attached hydrogen (secondary N) is 1. The van der Waals surface area contributed by atoms with Gasteiger partial charge in [-0.2, -0.15) is 5.10 Å². The first kappa shape index (κ1) is 16.0. The van der Waals surface area contributed by atoms with E-state index in [0.29, 0.717) is 0 Å². The van der Waals surface area contributed by atoms with Crippen LogP contribution in [-0.2, 0) is 6.54 Å². The third kappa shape index (κ3) is 2.82. The highest BCUT2D eigenvalue weighted by molar-refractivity contribution is 6.09. The number of hydrogen-bond donors (Lipinski definition) is 1. The first-order valence-electron chi connectivity index (χ1n) is 8.38. The molecular formula is C20H17N5O. The standard InChI is InChI=1S/C20H17N5O/c1-2-25-18-6-4-3-5-15(18)16-11-14(7-8-19(16)25)12-23-24-20(26)17-13-21-9-10-22-17/h3-13H,2H2,1H3,(H,24,26)/b23-12-. The summed E-state index contributed by atoms with van der Waals surface area (Å²) in [5.74, 6) is -0.391. The Bertz CT molecular complexity index is 1120. The molecule has 0 bridgehead atoms. The lowest BCUT2D eigenvalue weighted by molar-refractivity contribution is 0.0949. The van der Waals surface area contributed by atoms with Gasteiger partial charge in [-0.15, -0.1) is 0 Å². The molecule has 1 amide bonds. The van der Waals surface area contributed by atoms with Crippen LogP contribution in [0.2, 0.25) is 0 Å². The van der Waals surface area contributed by atoms with Crippen molar-refractivity contribution in [2.75, 3.05) is 0 Å². The van der Waals surface area contributed by atoms with Crippen molar-refractivity contribution >= 4 is 33.9 Å². The van der Waals surface area contributed by atoms with Crippen LogP contribution in [0, 0.1) is 0 Å². The number of benzene rings is 2. The summed E-state index contributed by atoms with van der Waals surface area (Å²) in [6.45, 7) is 3.05. The van der Waals surface area contributed by atoms with Crippen LogP contribution in [0.15, 0.2) is 66.2 Å². The highest BCUT2D eigenvalue weighted by Crippen LogP contribution is 2.29. The molecule has 2 heterocycles. The van der Waals surface area contributed by atoms with Gasteiger partial charge in [0, 0.05) is 40.7 Å². The van der Waals surface area contributed by atoms with E-state index >= 15 is 0 Å². The van der Waals surface area contributed by atoms with Gasteiger partial charge in [0.2, 0.25) is 0 Å². The molecule has 0 aliphatic rings. The summed E-state index contributed by atoms with van der Waals surface area (Å²) in [5, 5.41) is 6.42. The van der Waals surface area contributed by atoms with Crippen LogP contribution in [0.5, 0.6) is 0 Å². The second-order valence-electron chi connectivity index (χ2n) is 5.83. The predicted octanol–water partition coefficient (Wildman–Crippen LogP) is 3.37. The average molecular weight is 343 g/mol. The van der Waals surface area contributed by atoms with E-state index < -0.39 is 5.91 Å². The van der Waals surface area contributed by atoms with E-state index in [9.17, 15) is 4.79 Å². The predicted molar refractivity (Wildman–Crippen MR) is 102 cm³/mol. The van der Waals surface area contributed by atoms with E-state index in [4.69, 9.17) is 0 Å². The van der Waals surface area contributed by atoms with Crippen LogP contribution in [0.3, 0.4) is 0 Å². The topological polar surface area (TPSA) is 72.2 Å². The minimum atomic E-state index is -0.391. The fourth-order valence-corrected chi connectivity index (χ4v) is 3.13. The fraction of sp³-hybridized carbons (Fsp3) is 0.100. The Kier molecular flexibility index (Phi) is 4.15. The number of fused-ring (bicyclic) bond motifs is 3. The Hall–Kier alpha value is -3.54. The van der Waals surface area contributed by atoms with Crippen molar-refractivity contribution in [3.05, 3.63) is 72.3 Å². The summed E-state index contributed by atoms with van der Waals surface area (Å²) in [5.41, 5.74) is 6.02. The van der Waals surface area contributed by atoms with E-state index in [1.165, 1.54) is 40.4 Å². The van der Waals surface area contributed by atoms with Crippen LogP contribution >= 0.6 is 0 Å². The number of hydrazone groups is 1. The molecule has 0 radical (unpaired) electrons. The van der Waals surface area contributed by atoms with Crippen molar-refractivity contribution in [1.82, 2.24) is 20.0 Å². The molecule has 6 nitrogen and oxygen atoms in total. The number of nitrogens with zero attached hydrogens (tertiary/aromatic N) is 4. The maximum atomic E-state index is 11.9. The first-order valence-corrected chi connectivity index (χ1v) is 8.38. The molecule has 0 aliphatic carbocycles. The molecule has 0 atom stereocenters. The number of carbonyl (C=O) groups is 1.